The zero-order valence-electron chi connectivity index (χ0n) is 14.7. The first-order chi connectivity index (χ1) is 12.7. The fourth-order valence-electron chi connectivity index (χ4n) is 2.72. The van der Waals surface area contributed by atoms with E-state index in [1.807, 2.05) is 0 Å². The van der Waals surface area contributed by atoms with Gasteiger partial charge in [0.05, 0.1) is 6.10 Å². The summed E-state index contributed by atoms with van der Waals surface area (Å²) < 4.78 is 11.2. The van der Waals surface area contributed by atoms with Gasteiger partial charge in [-0.25, -0.2) is 0 Å². The van der Waals surface area contributed by atoms with Gasteiger partial charge in [-0.05, 0) is 61.4 Å². The highest BCUT2D eigenvalue weighted by Crippen LogP contribution is 2.17. The third kappa shape index (κ3) is 4.61. The predicted molar refractivity (Wildman–Crippen MR) is 98.7 cm³/mol. The van der Waals surface area contributed by atoms with E-state index in [0.717, 1.165) is 19.4 Å². The average Bonchev–Trinajstić information content (AvgIpc) is 3.20. The quantitative estimate of drug-likeness (QED) is 0.836. The average molecular weight is 354 g/mol. The second-order valence-corrected chi connectivity index (χ2v) is 6.08. The highest BCUT2D eigenvalue weighted by molar-refractivity contribution is 6.04. The van der Waals surface area contributed by atoms with E-state index >= 15 is 0 Å². The second-order valence-electron chi connectivity index (χ2n) is 6.08. The van der Waals surface area contributed by atoms with Gasteiger partial charge in [0.2, 0.25) is 0 Å². The zero-order chi connectivity index (χ0) is 18.4. The molecule has 0 spiro atoms. The van der Waals surface area contributed by atoms with Crippen LogP contribution in [0.5, 0.6) is 5.75 Å². The Hall–Kier alpha value is -2.86. The summed E-state index contributed by atoms with van der Waals surface area (Å²) >= 11 is 0. The molecular formula is C20H22N2O4. The van der Waals surface area contributed by atoms with Crippen LogP contribution in [0.4, 0.5) is 5.69 Å². The van der Waals surface area contributed by atoms with Crippen molar-refractivity contribution in [2.75, 3.05) is 25.6 Å². The van der Waals surface area contributed by atoms with E-state index in [1.165, 1.54) is 0 Å². The van der Waals surface area contributed by atoms with Crippen molar-refractivity contribution in [1.82, 2.24) is 5.32 Å². The van der Waals surface area contributed by atoms with E-state index in [0.29, 0.717) is 29.2 Å². The maximum absolute atomic E-state index is 12.3. The van der Waals surface area contributed by atoms with Gasteiger partial charge in [-0.3, -0.25) is 9.59 Å². The van der Waals surface area contributed by atoms with Gasteiger partial charge >= 0.3 is 0 Å². The molecule has 26 heavy (non-hydrogen) atoms. The van der Waals surface area contributed by atoms with Crippen LogP contribution in [0.3, 0.4) is 0 Å². The molecule has 1 aliphatic rings. The molecule has 136 valence electrons. The molecule has 6 heteroatoms. The van der Waals surface area contributed by atoms with Gasteiger partial charge < -0.3 is 20.1 Å². The number of rotatable bonds is 6. The normalized spacial score (nSPS) is 16.1. The standard InChI is InChI=1S/C20H22N2O4/c1-21-19(23)14-4-8-16(9-5-14)22-20(24)15-6-10-17(11-7-15)26-13-18-3-2-12-25-18/h4-11,18H,2-3,12-13H2,1H3,(H,21,23)(H,22,24)/t18-/m1/s1. The number of ether oxygens (including phenoxy) is 2. The summed E-state index contributed by atoms with van der Waals surface area (Å²) in [4.78, 5) is 23.8. The Labute approximate surface area is 152 Å². The van der Waals surface area contributed by atoms with Crippen molar-refractivity contribution in [1.29, 1.82) is 0 Å². The van der Waals surface area contributed by atoms with E-state index in [2.05, 4.69) is 10.6 Å². The van der Waals surface area contributed by atoms with Crippen LogP contribution in [-0.4, -0.2) is 38.2 Å². The molecule has 1 fully saturated rings. The Morgan fingerprint density at radius 2 is 1.69 bits per heavy atom. The van der Waals surface area contributed by atoms with E-state index in [4.69, 9.17) is 9.47 Å². The topological polar surface area (TPSA) is 76.7 Å². The molecule has 2 aromatic rings. The van der Waals surface area contributed by atoms with Crippen molar-refractivity contribution in [3.8, 4) is 5.75 Å². The third-order valence-corrected chi connectivity index (χ3v) is 4.21. The van der Waals surface area contributed by atoms with Crippen molar-refractivity contribution in [2.24, 2.45) is 0 Å². The maximum atomic E-state index is 12.3. The Morgan fingerprint density at radius 3 is 2.31 bits per heavy atom. The van der Waals surface area contributed by atoms with Gasteiger partial charge in [0, 0.05) is 30.5 Å². The summed E-state index contributed by atoms with van der Waals surface area (Å²) in [5, 5.41) is 5.36. The first kappa shape index (κ1) is 17.9. The molecule has 2 amide bonds. The molecule has 6 nitrogen and oxygen atoms in total. The largest absolute Gasteiger partial charge is 0.491 e. The van der Waals surface area contributed by atoms with Crippen molar-refractivity contribution < 1.29 is 19.1 Å². The van der Waals surface area contributed by atoms with Gasteiger partial charge in [0.1, 0.15) is 12.4 Å². The fourth-order valence-corrected chi connectivity index (χ4v) is 2.72. The molecule has 0 unspecified atom stereocenters. The zero-order valence-corrected chi connectivity index (χ0v) is 14.7. The lowest BCUT2D eigenvalue weighted by molar-refractivity contribution is 0.0679. The van der Waals surface area contributed by atoms with Crippen molar-refractivity contribution >= 4 is 17.5 Å². The Kier molecular flexibility index (Phi) is 5.86. The van der Waals surface area contributed by atoms with Crippen LogP contribution < -0.4 is 15.4 Å². The number of benzene rings is 2. The summed E-state index contributed by atoms with van der Waals surface area (Å²) in [6.07, 6.45) is 2.27. The monoisotopic (exact) mass is 354 g/mol. The van der Waals surface area contributed by atoms with Gasteiger partial charge in [-0.2, -0.15) is 0 Å². The number of hydrogen-bond donors (Lipinski definition) is 2. The van der Waals surface area contributed by atoms with E-state index < -0.39 is 0 Å². The van der Waals surface area contributed by atoms with Gasteiger partial charge in [0.15, 0.2) is 0 Å². The number of carbonyl (C=O) groups is 2. The lowest BCUT2D eigenvalue weighted by Crippen LogP contribution is -2.18. The smallest absolute Gasteiger partial charge is 0.255 e. The number of nitrogens with one attached hydrogen (secondary N) is 2. The molecule has 0 saturated carbocycles. The van der Waals surface area contributed by atoms with Crippen molar-refractivity contribution in [2.45, 2.75) is 18.9 Å². The van der Waals surface area contributed by atoms with Crippen LogP contribution in [0.2, 0.25) is 0 Å². The molecule has 0 aromatic heterocycles. The summed E-state index contributed by atoms with van der Waals surface area (Å²) in [6, 6.07) is 13.7. The molecule has 2 N–H and O–H groups in total. The Bertz CT molecular complexity index is 750. The molecule has 2 aromatic carbocycles. The predicted octanol–water partition coefficient (Wildman–Crippen LogP) is 2.86. The Balaban J connectivity index is 1.54. The van der Waals surface area contributed by atoms with Crippen LogP contribution in [0.15, 0.2) is 48.5 Å². The molecule has 0 radical (unpaired) electrons. The number of amides is 2. The molecule has 1 saturated heterocycles. The highest BCUT2D eigenvalue weighted by Gasteiger charge is 2.16. The third-order valence-electron chi connectivity index (χ3n) is 4.21. The van der Waals surface area contributed by atoms with E-state index in [-0.39, 0.29) is 17.9 Å². The van der Waals surface area contributed by atoms with Gasteiger partial charge in [-0.1, -0.05) is 0 Å². The second kappa shape index (κ2) is 8.49. The van der Waals surface area contributed by atoms with Crippen LogP contribution in [0.25, 0.3) is 0 Å². The van der Waals surface area contributed by atoms with Crippen LogP contribution in [-0.2, 0) is 4.74 Å². The van der Waals surface area contributed by atoms with Gasteiger partial charge in [-0.15, -0.1) is 0 Å². The first-order valence-corrected chi connectivity index (χ1v) is 8.63. The Morgan fingerprint density at radius 1 is 1.04 bits per heavy atom. The molecule has 3 rings (SSSR count). The first-order valence-electron chi connectivity index (χ1n) is 8.63. The fraction of sp³-hybridized carbons (Fsp3) is 0.300. The molecule has 0 bridgehead atoms. The SMILES string of the molecule is CNC(=O)c1ccc(NC(=O)c2ccc(OC[C@H]3CCCO3)cc2)cc1. The minimum atomic E-state index is -0.219. The summed E-state index contributed by atoms with van der Waals surface area (Å²) in [5.41, 5.74) is 1.70. The summed E-state index contributed by atoms with van der Waals surface area (Å²) in [5.74, 6) is 0.330. The molecular weight excluding hydrogens is 332 g/mol. The number of anilines is 1. The lowest BCUT2D eigenvalue weighted by Gasteiger charge is -2.12. The molecule has 0 aliphatic carbocycles. The van der Waals surface area contributed by atoms with E-state index in [9.17, 15) is 9.59 Å². The minimum absolute atomic E-state index is 0.163. The van der Waals surface area contributed by atoms with E-state index in [1.54, 1.807) is 55.6 Å². The summed E-state index contributed by atoms with van der Waals surface area (Å²) in [6.45, 7) is 1.33. The van der Waals surface area contributed by atoms with Crippen LogP contribution >= 0.6 is 0 Å². The minimum Gasteiger partial charge on any atom is -0.491 e. The van der Waals surface area contributed by atoms with Crippen LogP contribution in [0, 0.1) is 0 Å². The van der Waals surface area contributed by atoms with Crippen LogP contribution in [0.1, 0.15) is 33.6 Å². The lowest BCUT2D eigenvalue weighted by atomic mass is 10.1. The van der Waals surface area contributed by atoms with Crippen molar-refractivity contribution in [3.63, 3.8) is 0 Å². The molecule has 1 atom stereocenters. The highest BCUT2D eigenvalue weighted by atomic mass is 16.5. The summed E-state index contributed by atoms with van der Waals surface area (Å²) in [7, 11) is 1.58. The van der Waals surface area contributed by atoms with Gasteiger partial charge in [0.25, 0.3) is 11.8 Å². The molecule has 1 heterocycles. The van der Waals surface area contributed by atoms with Crippen molar-refractivity contribution in [3.05, 3.63) is 59.7 Å². The maximum Gasteiger partial charge on any atom is 0.255 e. The molecule has 1 aliphatic heterocycles. The number of hydrogen-bond acceptors (Lipinski definition) is 4. The number of carbonyl (C=O) groups excluding carboxylic acids is 2.